The van der Waals surface area contributed by atoms with Crippen molar-refractivity contribution in [3.8, 4) is 17.0 Å². The molecular weight excluding hydrogens is 344 g/mol. The maximum Gasteiger partial charge on any atom is 0.134 e. The van der Waals surface area contributed by atoms with Crippen molar-refractivity contribution >= 4 is 11.4 Å². The van der Waals surface area contributed by atoms with Crippen molar-refractivity contribution in [3.63, 3.8) is 0 Å². The van der Waals surface area contributed by atoms with Crippen LogP contribution in [0.25, 0.3) is 11.3 Å². The van der Waals surface area contributed by atoms with Crippen molar-refractivity contribution < 1.29 is 5.11 Å². The highest BCUT2D eigenvalue weighted by Gasteiger charge is 2.16. The number of benzene rings is 2. The summed E-state index contributed by atoms with van der Waals surface area (Å²) in [7, 11) is 0. The number of phenolic OH excluding ortho intramolecular Hbond substituents is 1. The second-order valence-corrected chi connectivity index (χ2v) is 7.71. The maximum absolute atomic E-state index is 10.9. The smallest absolute Gasteiger partial charge is 0.134 e. The molecule has 0 atom stereocenters. The first-order valence-corrected chi connectivity index (χ1v) is 9.82. The van der Waals surface area contributed by atoms with Crippen molar-refractivity contribution in [3.05, 3.63) is 77.5 Å². The average molecular weight is 373 g/mol. The highest BCUT2D eigenvalue weighted by Crippen LogP contribution is 2.37. The molecule has 3 aromatic rings. The fraction of sp³-hybridized carbons (Fsp3) is 0.280. The lowest BCUT2D eigenvalue weighted by atomic mass is 9.92. The van der Waals surface area contributed by atoms with Crippen LogP contribution in [0.1, 0.15) is 63.1 Å². The minimum Gasteiger partial charge on any atom is -0.507 e. The van der Waals surface area contributed by atoms with Gasteiger partial charge in [-0.15, -0.1) is 0 Å². The number of hydrogen-bond acceptors (Lipinski definition) is 3. The van der Waals surface area contributed by atoms with Crippen molar-refractivity contribution in [1.82, 2.24) is 4.98 Å². The highest BCUT2D eigenvalue weighted by molar-refractivity contribution is 6.04. The standard InChI is InChI=1S/C25H28N2O/c1-16(2)19-10-8-11-20(17(3)4)24(19)27-18(5)21-12-9-13-22(25(21)28)23-14-6-7-15-26-23/h6-17,28H,1-5H3. The van der Waals surface area contributed by atoms with Gasteiger partial charge < -0.3 is 5.11 Å². The summed E-state index contributed by atoms with van der Waals surface area (Å²) >= 11 is 0. The molecule has 0 spiro atoms. The molecule has 2 aromatic carbocycles. The summed E-state index contributed by atoms with van der Waals surface area (Å²) in [5.41, 5.74) is 6.47. The fourth-order valence-corrected chi connectivity index (χ4v) is 3.43. The van der Waals surface area contributed by atoms with E-state index in [2.05, 4.69) is 50.9 Å². The number of hydrogen-bond donors (Lipinski definition) is 1. The number of aliphatic imine (C=N–C) groups is 1. The Labute approximate surface area is 167 Å². The second kappa shape index (κ2) is 8.39. The summed E-state index contributed by atoms with van der Waals surface area (Å²) in [5, 5.41) is 10.9. The molecule has 28 heavy (non-hydrogen) atoms. The topological polar surface area (TPSA) is 45.5 Å². The molecule has 3 nitrogen and oxygen atoms in total. The van der Waals surface area contributed by atoms with E-state index in [4.69, 9.17) is 4.99 Å². The fourth-order valence-electron chi connectivity index (χ4n) is 3.43. The van der Waals surface area contributed by atoms with Gasteiger partial charge in [0.25, 0.3) is 0 Å². The molecule has 0 unspecified atom stereocenters. The van der Waals surface area contributed by atoms with E-state index in [0.717, 1.165) is 22.7 Å². The second-order valence-electron chi connectivity index (χ2n) is 7.71. The van der Waals surface area contributed by atoms with E-state index in [0.29, 0.717) is 17.4 Å². The molecule has 3 rings (SSSR count). The van der Waals surface area contributed by atoms with Gasteiger partial charge in [-0.25, -0.2) is 0 Å². The summed E-state index contributed by atoms with van der Waals surface area (Å²) in [4.78, 5) is 9.37. The van der Waals surface area contributed by atoms with E-state index < -0.39 is 0 Å². The Morgan fingerprint density at radius 2 is 1.50 bits per heavy atom. The molecule has 0 bridgehead atoms. The molecular formula is C25H28N2O. The van der Waals surface area contributed by atoms with Gasteiger partial charge in [-0.1, -0.05) is 58.0 Å². The molecule has 1 heterocycles. The van der Waals surface area contributed by atoms with Gasteiger partial charge in [0.1, 0.15) is 5.75 Å². The van der Waals surface area contributed by atoms with Gasteiger partial charge in [0.15, 0.2) is 0 Å². The highest BCUT2D eigenvalue weighted by atomic mass is 16.3. The predicted molar refractivity (Wildman–Crippen MR) is 118 cm³/mol. The Morgan fingerprint density at radius 1 is 0.857 bits per heavy atom. The van der Waals surface area contributed by atoms with Crippen molar-refractivity contribution in [2.24, 2.45) is 4.99 Å². The number of aromatic nitrogens is 1. The molecule has 0 aliphatic heterocycles. The molecule has 0 saturated carbocycles. The lowest BCUT2D eigenvalue weighted by molar-refractivity contribution is 0.476. The monoisotopic (exact) mass is 372 g/mol. The summed E-state index contributed by atoms with van der Waals surface area (Å²) in [5.74, 6) is 0.966. The number of nitrogens with zero attached hydrogens (tertiary/aromatic N) is 2. The van der Waals surface area contributed by atoms with E-state index in [9.17, 15) is 5.11 Å². The van der Waals surface area contributed by atoms with Crippen LogP contribution in [0.15, 0.2) is 65.8 Å². The Bertz CT molecular complexity index is 962. The van der Waals surface area contributed by atoms with Gasteiger partial charge in [0.05, 0.1) is 11.4 Å². The summed E-state index contributed by atoms with van der Waals surface area (Å²) < 4.78 is 0. The van der Waals surface area contributed by atoms with E-state index in [1.54, 1.807) is 6.20 Å². The Morgan fingerprint density at radius 3 is 2.07 bits per heavy atom. The SMILES string of the molecule is CC(=Nc1c(C(C)C)cccc1C(C)C)c1cccc(-c2ccccn2)c1O. The van der Waals surface area contributed by atoms with Crippen molar-refractivity contribution in [2.75, 3.05) is 0 Å². The van der Waals surface area contributed by atoms with Gasteiger partial charge in [0.2, 0.25) is 0 Å². The summed E-state index contributed by atoms with van der Waals surface area (Å²) in [6.07, 6.45) is 1.73. The molecule has 0 amide bonds. The summed E-state index contributed by atoms with van der Waals surface area (Å²) in [6, 6.07) is 17.8. The summed E-state index contributed by atoms with van der Waals surface area (Å²) in [6.45, 7) is 10.7. The van der Waals surface area contributed by atoms with Crippen LogP contribution >= 0.6 is 0 Å². The molecule has 0 aliphatic rings. The van der Waals surface area contributed by atoms with Gasteiger partial charge in [-0.05, 0) is 54.2 Å². The van der Waals surface area contributed by atoms with Crippen LogP contribution in [0.4, 0.5) is 5.69 Å². The van der Waals surface area contributed by atoms with Gasteiger partial charge in [0, 0.05) is 23.0 Å². The minimum absolute atomic E-state index is 0.218. The van der Waals surface area contributed by atoms with Gasteiger partial charge in [-0.2, -0.15) is 0 Å². The largest absolute Gasteiger partial charge is 0.507 e. The molecule has 0 fully saturated rings. The van der Waals surface area contributed by atoms with Crippen LogP contribution in [0.3, 0.4) is 0 Å². The van der Waals surface area contributed by atoms with Crippen LogP contribution < -0.4 is 0 Å². The number of rotatable bonds is 5. The van der Waals surface area contributed by atoms with Gasteiger partial charge >= 0.3 is 0 Å². The van der Waals surface area contributed by atoms with E-state index >= 15 is 0 Å². The first-order valence-electron chi connectivity index (χ1n) is 9.82. The van der Waals surface area contributed by atoms with E-state index in [-0.39, 0.29) is 5.75 Å². The van der Waals surface area contributed by atoms with Crippen molar-refractivity contribution in [2.45, 2.75) is 46.5 Å². The first-order chi connectivity index (χ1) is 13.4. The van der Waals surface area contributed by atoms with Crippen LogP contribution in [0.5, 0.6) is 5.75 Å². The number of aromatic hydroxyl groups is 1. The molecule has 0 saturated heterocycles. The normalized spacial score (nSPS) is 12.0. The Hall–Kier alpha value is -2.94. The van der Waals surface area contributed by atoms with E-state index in [1.165, 1.54) is 11.1 Å². The Balaban J connectivity index is 2.14. The van der Waals surface area contributed by atoms with Crippen molar-refractivity contribution in [1.29, 1.82) is 0 Å². The number of pyridine rings is 1. The molecule has 1 N–H and O–H groups in total. The maximum atomic E-state index is 10.9. The van der Waals surface area contributed by atoms with Crippen LogP contribution in [0, 0.1) is 0 Å². The predicted octanol–water partition coefficient (Wildman–Crippen LogP) is 6.84. The quantitative estimate of drug-likeness (QED) is 0.498. The number of phenols is 1. The zero-order valence-electron chi connectivity index (χ0n) is 17.3. The van der Waals surface area contributed by atoms with Crippen LogP contribution in [-0.2, 0) is 0 Å². The first kappa shape index (κ1) is 19.8. The van der Waals surface area contributed by atoms with E-state index in [1.807, 2.05) is 43.3 Å². The lowest BCUT2D eigenvalue weighted by Gasteiger charge is -2.17. The van der Waals surface area contributed by atoms with Crippen LogP contribution in [-0.4, -0.2) is 15.8 Å². The molecule has 0 aliphatic carbocycles. The minimum atomic E-state index is 0.218. The molecule has 144 valence electrons. The number of para-hydroxylation sites is 2. The zero-order valence-corrected chi connectivity index (χ0v) is 17.3. The third kappa shape index (κ3) is 3.99. The molecule has 3 heteroatoms. The van der Waals surface area contributed by atoms with Crippen LogP contribution in [0.2, 0.25) is 0 Å². The van der Waals surface area contributed by atoms with Gasteiger partial charge in [-0.3, -0.25) is 9.98 Å². The molecule has 1 aromatic heterocycles. The average Bonchev–Trinajstić information content (AvgIpc) is 2.68. The third-order valence-electron chi connectivity index (χ3n) is 4.99. The molecule has 0 radical (unpaired) electrons. The zero-order chi connectivity index (χ0) is 20.3. The third-order valence-corrected chi connectivity index (χ3v) is 4.99. The lowest BCUT2D eigenvalue weighted by Crippen LogP contribution is -2.00. The Kier molecular flexibility index (Phi) is 5.93.